The molecule has 4 heteroatoms. The molecule has 0 saturated heterocycles. The predicted octanol–water partition coefficient (Wildman–Crippen LogP) is 15.9. The Morgan fingerprint density at radius 2 is 0.846 bits per heavy atom. The Morgan fingerprint density at radius 1 is 0.308 bits per heavy atom. The molecule has 10 aromatic carbocycles. The van der Waals surface area contributed by atoms with E-state index in [1.54, 1.807) is 0 Å². The summed E-state index contributed by atoms with van der Waals surface area (Å²) in [5.74, 6) is 0.678. The summed E-state index contributed by atoms with van der Waals surface area (Å²) in [6, 6.07) is 82.0. The molecular weight excluding hydrogens is 789 g/mol. The second kappa shape index (κ2) is 15.0. The molecule has 4 nitrogen and oxygen atoms in total. The number of para-hydroxylation sites is 3. The van der Waals surface area contributed by atoms with Crippen molar-refractivity contribution >= 4 is 65.0 Å². The van der Waals surface area contributed by atoms with Crippen LogP contribution in [0.25, 0.3) is 127 Å². The predicted molar refractivity (Wildman–Crippen MR) is 271 cm³/mol. The van der Waals surface area contributed by atoms with Gasteiger partial charge in [-0.15, -0.1) is 0 Å². The molecule has 0 aliphatic carbocycles. The molecular formula is C61H38N4. The van der Waals surface area contributed by atoms with Crippen LogP contribution in [0, 0.1) is 0 Å². The highest BCUT2D eigenvalue weighted by molar-refractivity contribution is 6.29. The van der Waals surface area contributed by atoms with Crippen molar-refractivity contribution in [3.63, 3.8) is 0 Å². The highest BCUT2D eigenvalue weighted by atomic mass is 15.0. The van der Waals surface area contributed by atoms with Gasteiger partial charge in [0.2, 0.25) is 0 Å². The maximum atomic E-state index is 5.56. The number of rotatable bonds is 6. The monoisotopic (exact) mass is 826 g/mol. The number of aromatic nitrogens is 4. The van der Waals surface area contributed by atoms with Gasteiger partial charge in [-0.25, -0.2) is 15.0 Å². The summed E-state index contributed by atoms with van der Waals surface area (Å²) in [4.78, 5) is 16.6. The third-order valence-corrected chi connectivity index (χ3v) is 13.0. The van der Waals surface area contributed by atoms with Crippen LogP contribution in [0.1, 0.15) is 0 Å². The van der Waals surface area contributed by atoms with Gasteiger partial charge in [0.25, 0.3) is 0 Å². The van der Waals surface area contributed by atoms with E-state index in [1.165, 1.54) is 21.7 Å². The molecule has 0 radical (unpaired) electrons. The van der Waals surface area contributed by atoms with Crippen molar-refractivity contribution in [2.24, 2.45) is 0 Å². The molecule has 0 unspecified atom stereocenters. The van der Waals surface area contributed by atoms with Gasteiger partial charge >= 0.3 is 0 Å². The van der Waals surface area contributed by atoms with Crippen molar-refractivity contribution in [1.82, 2.24) is 19.5 Å². The summed E-state index contributed by atoms with van der Waals surface area (Å²) in [5, 5.41) is 10.4. The molecule has 3 aromatic heterocycles. The van der Waals surface area contributed by atoms with Gasteiger partial charge in [-0.1, -0.05) is 194 Å². The summed E-state index contributed by atoms with van der Waals surface area (Å²) in [6.45, 7) is 0. The van der Waals surface area contributed by atoms with E-state index in [0.29, 0.717) is 5.82 Å². The van der Waals surface area contributed by atoms with Gasteiger partial charge in [-0.05, 0) is 63.5 Å². The Hall–Kier alpha value is -8.73. The first kappa shape index (κ1) is 36.9. The molecule has 0 aliphatic rings. The smallest absolute Gasteiger partial charge is 0.160 e. The Morgan fingerprint density at radius 3 is 1.55 bits per heavy atom. The van der Waals surface area contributed by atoms with Crippen LogP contribution in [0.15, 0.2) is 231 Å². The fraction of sp³-hybridized carbons (Fsp3) is 0. The summed E-state index contributed by atoms with van der Waals surface area (Å²) < 4.78 is 2.39. The lowest BCUT2D eigenvalue weighted by Crippen LogP contribution is -2.02. The Labute approximate surface area is 375 Å². The maximum absolute atomic E-state index is 5.56. The highest BCUT2D eigenvalue weighted by Crippen LogP contribution is 2.46. The number of benzene rings is 10. The largest absolute Gasteiger partial charge is 0.309 e. The van der Waals surface area contributed by atoms with Gasteiger partial charge < -0.3 is 4.57 Å². The average molecular weight is 827 g/mol. The number of hydrogen-bond donors (Lipinski definition) is 0. The van der Waals surface area contributed by atoms with Crippen molar-refractivity contribution in [3.05, 3.63) is 231 Å². The molecule has 0 spiro atoms. The van der Waals surface area contributed by atoms with Crippen molar-refractivity contribution < 1.29 is 0 Å². The summed E-state index contributed by atoms with van der Waals surface area (Å²) >= 11 is 0. The summed E-state index contributed by atoms with van der Waals surface area (Å²) in [6.07, 6.45) is 0. The molecule has 3 heterocycles. The first-order valence-corrected chi connectivity index (χ1v) is 22.1. The molecule has 302 valence electrons. The number of hydrogen-bond acceptors (Lipinski definition) is 3. The van der Waals surface area contributed by atoms with E-state index >= 15 is 0 Å². The molecule has 0 atom stereocenters. The van der Waals surface area contributed by atoms with Gasteiger partial charge in [0, 0.05) is 60.4 Å². The van der Waals surface area contributed by atoms with Crippen molar-refractivity contribution in [2.45, 2.75) is 0 Å². The first-order valence-electron chi connectivity index (χ1n) is 22.1. The van der Waals surface area contributed by atoms with Crippen LogP contribution in [0.3, 0.4) is 0 Å². The van der Waals surface area contributed by atoms with E-state index in [2.05, 4.69) is 229 Å². The summed E-state index contributed by atoms with van der Waals surface area (Å²) in [7, 11) is 0. The lowest BCUT2D eigenvalue weighted by atomic mass is 9.89. The number of pyridine rings is 1. The summed E-state index contributed by atoms with van der Waals surface area (Å²) in [5.41, 5.74) is 13.2. The molecule has 0 saturated carbocycles. The highest BCUT2D eigenvalue weighted by Gasteiger charge is 2.24. The zero-order chi connectivity index (χ0) is 42.8. The van der Waals surface area contributed by atoms with Crippen LogP contribution in [0.2, 0.25) is 0 Å². The van der Waals surface area contributed by atoms with Gasteiger partial charge in [0.05, 0.1) is 33.6 Å². The SMILES string of the molecule is c1ccc(-c2nc(-c3cccc4ccccc34)c(-c3cccc(-c4nc5ccccc5c5c4ccc4c5c5ccccc5n4-c4ccccc4)c3)c(-c3cccc4ccccc34)n2)cc1. The Balaban J connectivity index is 1.13. The second-order valence-electron chi connectivity index (χ2n) is 16.7. The fourth-order valence-corrected chi connectivity index (χ4v) is 10.1. The topological polar surface area (TPSA) is 43.6 Å². The van der Waals surface area contributed by atoms with Crippen molar-refractivity contribution in [2.75, 3.05) is 0 Å². The van der Waals surface area contributed by atoms with E-state index in [0.717, 1.165) is 99.5 Å². The number of nitrogens with zero attached hydrogens (tertiary/aromatic N) is 4. The lowest BCUT2D eigenvalue weighted by Gasteiger charge is -2.19. The van der Waals surface area contributed by atoms with Crippen LogP contribution >= 0.6 is 0 Å². The lowest BCUT2D eigenvalue weighted by molar-refractivity contribution is 1.18. The molecule has 0 N–H and O–H groups in total. The fourth-order valence-electron chi connectivity index (χ4n) is 10.1. The number of fused-ring (bicyclic) bond motifs is 9. The Bertz CT molecular complexity index is 3890. The van der Waals surface area contributed by atoms with Gasteiger partial charge in [0.1, 0.15) is 0 Å². The van der Waals surface area contributed by atoms with E-state index in [1.807, 2.05) is 6.07 Å². The molecule has 13 aromatic rings. The Kier molecular flexibility index (Phi) is 8.50. The third kappa shape index (κ3) is 5.96. The molecule has 0 fully saturated rings. The minimum atomic E-state index is 0.678. The molecule has 13 rings (SSSR count). The minimum absolute atomic E-state index is 0.678. The van der Waals surface area contributed by atoms with E-state index in [4.69, 9.17) is 15.0 Å². The average Bonchev–Trinajstić information content (AvgIpc) is 3.73. The molecule has 0 aliphatic heterocycles. The van der Waals surface area contributed by atoms with Gasteiger partial charge in [-0.2, -0.15) is 0 Å². The quantitative estimate of drug-likeness (QED) is 0.157. The van der Waals surface area contributed by atoms with E-state index in [-0.39, 0.29) is 0 Å². The first-order chi connectivity index (χ1) is 32.3. The van der Waals surface area contributed by atoms with E-state index < -0.39 is 0 Å². The van der Waals surface area contributed by atoms with Crippen LogP contribution in [0.5, 0.6) is 0 Å². The van der Waals surface area contributed by atoms with E-state index in [9.17, 15) is 0 Å². The molecule has 65 heavy (non-hydrogen) atoms. The zero-order valence-corrected chi connectivity index (χ0v) is 35.2. The second-order valence-corrected chi connectivity index (χ2v) is 16.7. The van der Waals surface area contributed by atoms with Crippen LogP contribution < -0.4 is 0 Å². The van der Waals surface area contributed by atoms with Gasteiger partial charge in [-0.3, -0.25) is 0 Å². The molecule has 0 bridgehead atoms. The van der Waals surface area contributed by atoms with Crippen LogP contribution in [-0.2, 0) is 0 Å². The molecule has 0 amide bonds. The van der Waals surface area contributed by atoms with Gasteiger partial charge in [0.15, 0.2) is 5.82 Å². The standard InChI is InChI=1S/C61H38N4/c1-3-20-41(21-4-1)61-63-59(47-32-16-22-39-18-7-9-28-45(39)47)55(60(64-61)48-33-17-23-40-19-8-10-29-46(40)48)42-24-15-25-43(38-42)58-51-36-37-54-57(56(51)49-30-11-13-34-52(49)62-58)50-31-12-14-35-53(50)65(54)44-26-5-2-6-27-44/h1-38H. The third-order valence-electron chi connectivity index (χ3n) is 13.0. The minimum Gasteiger partial charge on any atom is -0.309 e. The maximum Gasteiger partial charge on any atom is 0.160 e. The van der Waals surface area contributed by atoms with Crippen LogP contribution in [0.4, 0.5) is 0 Å². The van der Waals surface area contributed by atoms with Crippen molar-refractivity contribution in [1.29, 1.82) is 0 Å². The van der Waals surface area contributed by atoms with Crippen molar-refractivity contribution in [3.8, 4) is 62.0 Å². The zero-order valence-electron chi connectivity index (χ0n) is 35.2. The van der Waals surface area contributed by atoms with Crippen LogP contribution in [-0.4, -0.2) is 19.5 Å². The normalized spacial score (nSPS) is 11.7.